The molecule has 0 heterocycles. The Morgan fingerprint density at radius 1 is 1.47 bits per heavy atom. The molecule has 0 aliphatic carbocycles. The van der Waals surface area contributed by atoms with E-state index in [0.717, 1.165) is 4.90 Å². The number of alkyl halides is 1. The van der Waals surface area contributed by atoms with E-state index in [0.29, 0.717) is 5.02 Å². The molecule has 0 spiro atoms. The van der Waals surface area contributed by atoms with E-state index < -0.39 is 18.6 Å². The van der Waals surface area contributed by atoms with Crippen LogP contribution in [0.3, 0.4) is 0 Å². The van der Waals surface area contributed by atoms with E-state index in [2.05, 4.69) is 0 Å². The molecule has 1 aromatic rings. The average molecular weight is 249 g/mol. The molecule has 0 aliphatic rings. The van der Waals surface area contributed by atoms with E-state index in [4.69, 9.17) is 16.7 Å². The zero-order chi connectivity index (χ0) is 11.3. The lowest BCUT2D eigenvalue weighted by Crippen LogP contribution is -2.10. The van der Waals surface area contributed by atoms with Crippen LogP contribution in [-0.2, 0) is 4.79 Å². The van der Waals surface area contributed by atoms with E-state index in [-0.39, 0.29) is 5.75 Å². The number of carboxylic acids is 1. The van der Waals surface area contributed by atoms with Gasteiger partial charge in [-0.1, -0.05) is 11.6 Å². The predicted molar refractivity (Wildman–Crippen MR) is 59.3 cm³/mol. The number of rotatable bonds is 5. The van der Waals surface area contributed by atoms with E-state index in [9.17, 15) is 9.18 Å². The van der Waals surface area contributed by atoms with E-state index in [1.807, 2.05) is 0 Å². The third-order valence-corrected chi connectivity index (χ3v) is 3.03. The van der Waals surface area contributed by atoms with Crippen molar-refractivity contribution in [3.8, 4) is 0 Å². The number of aliphatic carboxylic acids is 1. The van der Waals surface area contributed by atoms with Crippen molar-refractivity contribution in [3.63, 3.8) is 0 Å². The molecule has 2 nitrogen and oxygen atoms in total. The minimum Gasteiger partial charge on any atom is -0.481 e. The Bertz CT molecular complexity index is 329. The highest BCUT2D eigenvalue weighted by Gasteiger charge is 2.11. The lowest BCUT2D eigenvalue weighted by atomic mass is 10.3. The van der Waals surface area contributed by atoms with Gasteiger partial charge in [-0.05, 0) is 24.3 Å². The highest BCUT2D eigenvalue weighted by molar-refractivity contribution is 7.99. The minimum atomic E-state index is -1.32. The van der Waals surface area contributed by atoms with Crippen molar-refractivity contribution >= 4 is 29.3 Å². The maximum Gasteiger partial charge on any atom is 0.306 e. The Hall–Kier alpha value is -0.740. The Morgan fingerprint density at radius 2 is 2.07 bits per heavy atom. The molecule has 0 bridgehead atoms. The summed E-state index contributed by atoms with van der Waals surface area (Å²) in [5, 5.41) is 8.98. The van der Waals surface area contributed by atoms with Gasteiger partial charge in [0, 0.05) is 15.7 Å². The Balaban J connectivity index is 2.36. The van der Waals surface area contributed by atoms with Gasteiger partial charge in [0.15, 0.2) is 0 Å². The molecule has 82 valence electrons. The number of carboxylic acid groups (broad SMARTS) is 1. The molecule has 0 fully saturated rings. The number of halogens is 2. The van der Waals surface area contributed by atoms with Crippen LogP contribution in [0.1, 0.15) is 6.42 Å². The van der Waals surface area contributed by atoms with Crippen LogP contribution in [0.5, 0.6) is 0 Å². The highest BCUT2D eigenvalue weighted by Crippen LogP contribution is 2.22. The van der Waals surface area contributed by atoms with E-state index in [1.165, 1.54) is 11.8 Å². The summed E-state index contributed by atoms with van der Waals surface area (Å²) in [5.74, 6) is -0.965. The number of hydrogen-bond donors (Lipinski definition) is 1. The first-order valence-corrected chi connectivity index (χ1v) is 5.68. The number of carbonyl (C=O) groups is 1. The summed E-state index contributed by atoms with van der Waals surface area (Å²) in [4.78, 5) is 11.1. The quantitative estimate of drug-likeness (QED) is 0.813. The fourth-order valence-corrected chi connectivity index (χ4v) is 1.91. The topological polar surface area (TPSA) is 37.3 Å². The molecule has 5 heteroatoms. The van der Waals surface area contributed by atoms with E-state index in [1.54, 1.807) is 24.3 Å². The maximum absolute atomic E-state index is 13.0. The van der Waals surface area contributed by atoms with Gasteiger partial charge >= 0.3 is 5.97 Å². The van der Waals surface area contributed by atoms with Crippen molar-refractivity contribution < 1.29 is 14.3 Å². The van der Waals surface area contributed by atoms with Crippen LogP contribution in [0.25, 0.3) is 0 Å². The first-order chi connectivity index (χ1) is 7.08. The molecule has 0 aliphatic heterocycles. The average Bonchev–Trinajstić information content (AvgIpc) is 2.16. The summed E-state index contributed by atoms with van der Waals surface area (Å²) in [5.41, 5.74) is 0. The monoisotopic (exact) mass is 248 g/mol. The summed E-state index contributed by atoms with van der Waals surface area (Å²) in [6.45, 7) is 0. The van der Waals surface area contributed by atoms with Gasteiger partial charge in [0.25, 0.3) is 0 Å². The van der Waals surface area contributed by atoms with Crippen molar-refractivity contribution in [1.29, 1.82) is 0 Å². The number of thioether (sulfide) groups is 1. The lowest BCUT2D eigenvalue weighted by molar-refractivity contribution is -0.138. The molecule has 1 aromatic carbocycles. The van der Waals surface area contributed by atoms with Crippen LogP contribution in [0.2, 0.25) is 5.02 Å². The maximum atomic E-state index is 13.0. The van der Waals surface area contributed by atoms with Crippen LogP contribution in [-0.4, -0.2) is 23.0 Å². The zero-order valence-electron chi connectivity index (χ0n) is 7.82. The molecule has 1 unspecified atom stereocenters. The third kappa shape index (κ3) is 5.04. The molecule has 0 aromatic heterocycles. The standard InChI is InChI=1S/C10H10ClFO2S/c11-7-1-3-9(4-2-7)15-6-8(12)5-10(13)14/h1-4,8H,5-6H2,(H,13,14). The lowest BCUT2D eigenvalue weighted by Gasteiger charge is -2.04. The van der Waals surface area contributed by atoms with Gasteiger partial charge in [0.05, 0.1) is 6.42 Å². The van der Waals surface area contributed by atoms with Gasteiger partial charge in [0.2, 0.25) is 0 Å². The number of benzene rings is 1. The molecule has 0 amide bonds. The fourth-order valence-electron chi connectivity index (χ4n) is 0.966. The second kappa shape index (κ2) is 5.98. The van der Waals surface area contributed by atoms with Crippen LogP contribution in [0.4, 0.5) is 4.39 Å². The van der Waals surface area contributed by atoms with Gasteiger partial charge < -0.3 is 5.11 Å². The minimum absolute atomic E-state index is 0.147. The second-order valence-electron chi connectivity index (χ2n) is 2.96. The highest BCUT2D eigenvalue weighted by atomic mass is 35.5. The molecular weight excluding hydrogens is 239 g/mol. The van der Waals surface area contributed by atoms with Gasteiger partial charge in [-0.3, -0.25) is 4.79 Å². The Labute approximate surface area is 96.4 Å². The second-order valence-corrected chi connectivity index (χ2v) is 4.49. The van der Waals surface area contributed by atoms with Crippen molar-refractivity contribution in [1.82, 2.24) is 0 Å². The largest absolute Gasteiger partial charge is 0.481 e. The molecule has 1 atom stereocenters. The molecule has 15 heavy (non-hydrogen) atoms. The Morgan fingerprint density at radius 3 is 2.60 bits per heavy atom. The summed E-state index contributed by atoms with van der Waals surface area (Å²) in [6.07, 6.45) is -1.76. The summed E-state index contributed by atoms with van der Waals surface area (Å²) >= 11 is 6.96. The van der Waals surface area contributed by atoms with Gasteiger partial charge in [-0.25, -0.2) is 4.39 Å². The van der Waals surface area contributed by atoms with Gasteiger partial charge in [-0.2, -0.15) is 0 Å². The van der Waals surface area contributed by atoms with Crippen molar-refractivity contribution in [3.05, 3.63) is 29.3 Å². The summed E-state index contributed by atoms with van der Waals surface area (Å²) in [7, 11) is 0. The van der Waals surface area contributed by atoms with Crippen LogP contribution >= 0.6 is 23.4 Å². The Kier molecular flexibility index (Phi) is 4.91. The molecular formula is C10H10ClFO2S. The molecule has 1 N–H and O–H groups in total. The molecule has 1 rings (SSSR count). The summed E-state index contributed by atoms with van der Waals surface area (Å²) < 4.78 is 13.0. The van der Waals surface area contributed by atoms with Crippen LogP contribution < -0.4 is 0 Å². The summed E-state index contributed by atoms with van der Waals surface area (Å²) in [6, 6.07) is 6.99. The molecule has 0 saturated carbocycles. The van der Waals surface area contributed by atoms with Crippen molar-refractivity contribution in [2.75, 3.05) is 5.75 Å². The SMILES string of the molecule is O=C(O)CC(F)CSc1ccc(Cl)cc1. The third-order valence-electron chi connectivity index (χ3n) is 1.64. The van der Waals surface area contributed by atoms with Crippen molar-refractivity contribution in [2.45, 2.75) is 17.5 Å². The first kappa shape index (κ1) is 12.3. The molecule has 0 radical (unpaired) electrons. The normalized spacial score (nSPS) is 12.4. The molecule has 0 saturated heterocycles. The van der Waals surface area contributed by atoms with E-state index >= 15 is 0 Å². The van der Waals surface area contributed by atoms with Crippen LogP contribution in [0.15, 0.2) is 29.2 Å². The first-order valence-electron chi connectivity index (χ1n) is 4.32. The fraction of sp³-hybridized carbons (Fsp3) is 0.300. The zero-order valence-corrected chi connectivity index (χ0v) is 9.39. The van der Waals surface area contributed by atoms with Gasteiger partial charge in [0.1, 0.15) is 6.17 Å². The van der Waals surface area contributed by atoms with Gasteiger partial charge in [-0.15, -0.1) is 11.8 Å². The van der Waals surface area contributed by atoms with Crippen LogP contribution in [0, 0.1) is 0 Å². The predicted octanol–water partition coefficient (Wildman–Crippen LogP) is 3.24. The van der Waals surface area contributed by atoms with Crippen molar-refractivity contribution in [2.24, 2.45) is 0 Å². The smallest absolute Gasteiger partial charge is 0.306 e. The number of hydrogen-bond acceptors (Lipinski definition) is 2.